The summed E-state index contributed by atoms with van der Waals surface area (Å²) < 4.78 is 19.7. The van der Waals surface area contributed by atoms with Crippen molar-refractivity contribution in [2.45, 2.75) is 31.3 Å². The van der Waals surface area contributed by atoms with Crippen molar-refractivity contribution >= 4 is 35.8 Å². The Bertz CT molecular complexity index is 812. The normalized spacial score (nSPS) is 20.8. The van der Waals surface area contributed by atoms with E-state index in [1.807, 2.05) is 17.0 Å². The van der Waals surface area contributed by atoms with E-state index >= 15 is 0 Å². The van der Waals surface area contributed by atoms with Gasteiger partial charge < -0.3 is 20.0 Å². The highest BCUT2D eigenvalue weighted by Gasteiger charge is 2.28. The molecule has 0 aliphatic carbocycles. The number of furan rings is 1. The van der Waals surface area contributed by atoms with E-state index in [1.54, 1.807) is 25.6 Å². The van der Waals surface area contributed by atoms with E-state index in [0.29, 0.717) is 12.4 Å². The molecule has 4 rings (SSSR count). The molecule has 2 aromatic rings. The van der Waals surface area contributed by atoms with Crippen LogP contribution in [0, 0.1) is 5.82 Å². The molecule has 0 radical (unpaired) electrons. The minimum Gasteiger partial charge on any atom is -0.468 e. The largest absolute Gasteiger partial charge is 0.468 e. The molecular formula is C21H30FIN6O. The summed E-state index contributed by atoms with van der Waals surface area (Å²) in [6.07, 6.45) is 6.73. The summed E-state index contributed by atoms with van der Waals surface area (Å²) in [6, 6.07) is 7.43. The maximum Gasteiger partial charge on any atom is 0.191 e. The molecule has 164 valence electrons. The second-order valence-electron chi connectivity index (χ2n) is 7.61. The molecule has 0 amide bonds. The second kappa shape index (κ2) is 10.9. The van der Waals surface area contributed by atoms with Gasteiger partial charge in [0.2, 0.25) is 0 Å². The number of hydrogen-bond donors (Lipinski definition) is 2. The Morgan fingerprint density at radius 2 is 2.13 bits per heavy atom. The molecule has 2 saturated heterocycles. The van der Waals surface area contributed by atoms with Crippen molar-refractivity contribution in [3.05, 3.63) is 48.3 Å². The van der Waals surface area contributed by atoms with Crippen molar-refractivity contribution in [3.63, 3.8) is 0 Å². The summed E-state index contributed by atoms with van der Waals surface area (Å²) in [4.78, 5) is 13.0. The van der Waals surface area contributed by atoms with Gasteiger partial charge >= 0.3 is 0 Å². The van der Waals surface area contributed by atoms with Crippen LogP contribution in [0.15, 0.2) is 46.1 Å². The van der Waals surface area contributed by atoms with E-state index in [4.69, 9.17) is 4.42 Å². The molecule has 0 saturated carbocycles. The predicted octanol–water partition coefficient (Wildman–Crippen LogP) is 3.01. The highest BCUT2D eigenvalue weighted by Crippen LogP contribution is 2.25. The van der Waals surface area contributed by atoms with Crippen molar-refractivity contribution in [1.29, 1.82) is 0 Å². The molecule has 2 aliphatic heterocycles. The number of pyridine rings is 1. The molecule has 2 N–H and O–H groups in total. The molecular weight excluding hydrogens is 498 g/mol. The number of nitrogens with one attached hydrogen (secondary N) is 2. The van der Waals surface area contributed by atoms with Gasteiger partial charge in [-0.05, 0) is 56.6 Å². The lowest BCUT2D eigenvalue weighted by Crippen LogP contribution is -2.47. The zero-order valence-corrected chi connectivity index (χ0v) is 19.6. The van der Waals surface area contributed by atoms with E-state index in [9.17, 15) is 4.39 Å². The Kier molecular flexibility index (Phi) is 8.32. The Labute approximate surface area is 194 Å². The van der Waals surface area contributed by atoms with Gasteiger partial charge in [-0.15, -0.1) is 24.0 Å². The molecule has 2 unspecified atom stereocenters. The van der Waals surface area contributed by atoms with E-state index < -0.39 is 0 Å². The summed E-state index contributed by atoms with van der Waals surface area (Å²) in [7, 11) is 1.78. The lowest BCUT2D eigenvalue weighted by atomic mass is 10.2. The van der Waals surface area contributed by atoms with Gasteiger partial charge in [-0.1, -0.05) is 0 Å². The summed E-state index contributed by atoms with van der Waals surface area (Å²) in [5, 5.41) is 6.93. The summed E-state index contributed by atoms with van der Waals surface area (Å²) in [5.41, 5.74) is 0. The number of likely N-dealkylation sites (tertiary alicyclic amines) is 1. The fourth-order valence-electron chi connectivity index (χ4n) is 4.21. The number of anilines is 1. The zero-order valence-electron chi connectivity index (χ0n) is 17.3. The van der Waals surface area contributed by atoms with Crippen LogP contribution in [-0.2, 0) is 0 Å². The number of halogens is 2. The van der Waals surface area contributed by atoms with Gasteiger partial charge in [0.25, 0.3) is 0 Å². The molecule has 9 heteroatoms. The summed E-state index contributed by atoms with van der Waals surface area (Å²) in [6.45, 7) is 4.37. The SMILES string of the molecule is CN=C(NCC(c1ccco1)N1CCCC1)NC1CCN(c2ncccc2F)C1.I. The molecule has 0 bridgehead atoms. The quantitative estimate of drug-likeness (QED) is 0.342. The Morgan fingerprint density at radius 3 is 2.83 bits per heavy atom. The molecule has 0 spiro atoms. The Hall–Kier alpha value is -1.88. The monoisotopic (exact) mass is 528 g/mol. The first-order chi connectivity index (χ1) is 14.2. The molecule has 2 fully saturated rings. The molecule has 2 aliphatic rings. The highest BCUT2D eigenvalue weighted by molar-refractivity contribution is 14.0. The average molecular weight is 528 g/mol. The molecule has 2 atom stereocenters. The van der Waals surface area contributed by atoms with Gasteiger partial charge in [-0.3, -0.25) is 9.89 Å². The van der Waals surface area contributed by atoms with E-state index in [1.165, 1.54) is 18.9 Å². The van der Waals surface area contributed by atoms with Crippen LogP contribution in [-0.4, -0.2) is 61.7 Å². The van der Waals surface area contributed by atoms with Crippen molar-refractivity contribution in [2.75, 3.05) is 44.7 Å². The van der Waals surface area contributed by atoms with Gasteiger partial charge in [0.15, 0.2) is 17.6 Å². The zero-order chi connectivity index (χ0) is 20.1. The number of nitrogens with zero attached hydrogens (tertiary/aromatic N) is 4. The minimum atomic E-state index is -0.275. The van der Waals surface area contributed by atoms with Crippen LogP contribution in [0.3, 0.4) is 0 Å². The van der Waals surface area contributed by atoms with Crippen LogP contribution in [0.2, 0.25) is 0 Å². The number of hydrogen-bond acceptors (Lipinski definition) is 5. The smallest absolute Gasteiger partial charge is 0.191 e. The third-order valence-electron chi connectivity index (χ3n) is 5.71. The minimum absolute atomic E-state index is 0. The van der Waals surface area contributed by atoms with Crippen LogP contribution in [0.4, 0.5) is 10.2 Å². The van der Waals surface area contributed by atoms with Crippen LogP contribution >= 0.6 is 24.0 Å². The van der Waals surface area contributed by atoms with Crippen LogP contribution in [0.5, 0.6) is 0 Å². The lowest BCUT2D eigenvalue weighted by Gasteiger charge is -2.27. The van der Waals surface area contributed by atoms with Crippen LogP contribution < -0.4 is 15.5 Å². The second-order valence-corrected chi connectivity index (χ2v) is 7.61. The summed E-state index contributed by atoms with van der Waals surface area (Å²) >= 11 is 0. The molecule has 30 heavy (non-hydrogen) atoms. The van der Waals surface area contributed by atoms with Crippen molar-refractivity contribution in [3.8, 4) is 0 Å². The van der Waals surface area contributed by atoms with Gasteiger partial charge in [-0.25, -0.2) is 9.37 Å². The molecule has 0 aromatic carbocycles. The number of rotatable bonds is 6. The molecule has 7 nitrogen and oxygen atoms in total. The fraction of sp³-hybridized carbons (Fsp3) is 0.524. The average Bonchev–Trinajstić information content (AvgIpc) is 3.51. The molecule has 4 heterocycles. The number of aromatic nitrogens is 1. The van der Waals surface area contributed by atoms with Crippen molar-refractivity contribution in [2.24, 2.45) is 4.99 Å². The van der Waals surface area contributed by atoms with Gasteiger partial charge in [0.05, 0.1) is 12.3 Å². The third-order valence-corrected chi connectivity index (χ3v) is 5.71. The maximum atomic E-state index is 14.0. The van der Waals surface area contributed by atoms with E-state index in [-0.39, 0.29) is 41.9 Å². The Balaban J connectivity index is 0.00000256. The third kappa shape index (κ3) is 5.42. The highest BCUT2D eigenvalue weighted by atomic mass is 127. The van der Waals surface area contributed by atoms with Crippen LogP contribution in [0.1, 0.15) is 31.1 Å². The van der Waals surface area contributed by atoms with Gasteiger partial charge in [0.1, 0.15) is 5.76 Å². The first kappa shape index (κ1) is 22.8. The van der Waals surface area contributed by atoms with Gasteiger partial charge in [0, 0.05) is 38.9 Å². The van der Waals surface area contributed by atoms with Gasteiger partial charge in [-0.2, -0.15) is 0 Å². The number of aliphatic imine (C=N–C) groups is 1. The lowest BCUT2D eigenvalue weighted by molar-refractivity contribution is 0.215. The van der Waals surface area contributed by atoms with E-state index in [0.717, 1.165) is 44.3 Å². The van der Waals surface area contributed by atoms with Crippen molar-refractivity contribution < 1.29 is 8.81 Å². The standard InChI is InChI=1S/C21H29FN6O.HI/c1-23-21(25-14-18(19-7-5-13-29-19)27-10-2-3-11-27)26-16-8-12-28(15-16)20-17(22)6-4-9-24-20;/h4-7,9,13,16,18H,2-3,8,10-12,14-15H2,1H3,(H2,23,25,26);1H. The number of guanidine groups is 1. The fourth-order valence-corrected chi connectivity index (χ4v) is 4.21. The first-order valence-electron chi connectivity index (χ1n) is 10.3. The van der Waals surface area contributed by atoms with Crippen LogP contribution in [0.25, 0.3) is 0 Å². The van der Waals surface area contributed by atoms with Crippen molar-refractivity contribution in [1.82, 2.24) is 20.5 Å². The Morgan fingerprint density at radius 1 is 1.30 bits per heavy atom. The predicted molar refractivity (Wildman–Crippen MR) is 127 cm³/mol. The molecule has 2 aromatic heterocycles. The maximum absolute atomic E-state index is 14.0. The van der Waals surface area contributed by atoms with E-state index in [2.05, 4.69) is 25.5 Å². The topological polar surface area (TPSA) is 68.9 Å². The summed E-state index contributed by atoms with van der Waals surface area (Å²) in [5.74, 6) is 1.89. The first-order valence-corrected chi connectivity index (χ1v) is 10.3.